The van der Waals surface area contributed by atoms with Gasteiger partial charge in [0.15, 0.2) is 0 Å². The van der Waals surface area contributed by atoms with Crippen molar-refractivity contribution in [1.29, 1.82) is 0 Å². The summed E-state index contributed by atoms with van der Waals surface area (Å²) in [6.45, 7) is 0. The highest BCUT2D eigenvalue weighted by molar-refractivity contribution is 7.11. The van der Waals surface area contributed by atoms with Gasteiger partial charge in [-0.15, -0.1) is 16.3 Å². The van der Waals surface area contributed by atoms with Gasteiger partial charge in [0.05, 0.1) is 11.7 Å². The van der Waals surface area contributed by atoms with Crippen molar-refractivity contribution in [2.45, 2.75) is 0 Å². The molecule has 0 unspecified atom stereocenters. The van der Waals surface area contributed by atoms with Crippen LogP contribution < -0.4 is 0 Å². The van der Waals surface area contributed by atoms with E-state index < -0.39 is 5.91 Å². The molecule has 1 amide bonds. The maximum atomic E-state index is 10.6. The Bertz CT molecular complexity index is 274. The summed E-state index contributed by atoms with van der Waals surface area (Å²) in [7, 11) is 0. The Labute approximate surface area is 60.2 Å². The fourth-order valence-corrected chi connectivity index (χ4v) is 0.921. The molecule has 0 bridgehead atoms. The third-order valence-electron chi connectivity index (χ3n) is 0.790. The van der Waals surface area contributed by atoms with E-state index in [1.807, 2.05) is 0 Å². The summed E-state index contributed by atoms with van der Waals surface area (Å²) in [4.78, 5) is 27.1. The molecule has 0 aromatic carbocycles. The smallest absolute Gasteiger partial charge is 0.265 e. The molecule has 0 atom stereocenters. The second-order valence-electron chi connectivity index (χ2n) is 1.37. The Morgan fingerprint density at radius 1 is 1.80 bits per heavy atom. The third-order valence-corrected chi connectivity index (χ3v) is 1.55. The third kappa shape index (κ3) is 1.34. The zero-order valence-corrected chi connectivity index (χ0v) is 5.59. The zero-order valence-electron chi connectivity index (χ0n) is 4.77. The number of hydrogen-bond donors (Lipinski definition) is 0. The monoisotopic (exact) mass is 154 g/mol. The fraction of sp³-hybridized carbons (Fsp3) is 0. The SMILES string of the molecule is O=C=NC(=O)c1cncs1. The molecule has 50 valence electrons. The predicted molar refractivity (Wildman–Crippen MR) is 34.6 cm³/mol. The highest BCUT2D eigenvalue weighted by Crippen LogP contribution is 2.05. The summed E-state index contributed by atoms with van der Waals surface area (Å²) in [5.41, 5.74) is 1.49. The van der Waals surface area contributed by atoms with Gasteiger partial charge in [-0.1, -0.05) is 0 Å². The molecule has 5 heteroatoms. The number of nitrogens with zero attached hydrogens (tertiary/aromatic N) is 2. The van der Waals surface area contributed by atoms with Gasteiger partial charge in [-0.2, -0.15) is 0 Å². The molecule has 0 aliphatic heterocycles. The molecule has 1 aromatic heterocycles. The summed E-state index contributed by atoms with van der Waals surface area (Å²) in [6.07, 6.45) is 2.52. The van der Waals surface area contributed by atoms with Crippen LogP contribution in [0.3, 0.4) is 0 Å². The number of thiazole rings is 1. The van der Waals surface area contributed by atoms with Crippen molar-refractivity contribution in [2.24, 2.45) is 4.99 Å². The van der Waals surface area contributed by atoms with Gasteiger partial charge in [-0.3, -0.25) is 9.78 Å². The summed E-state index contributed by atoms with van der Waals surface area (Å²) in [5.74, 6) is -0.586. The molecule has 0 aliphatic rings. The fourth-order valence-electron chi connectivity index (χ4n) is 0.418. The highest BCUT2D eigenvalue weighted by atomic mass is 32.1. The lowest BCUT2D eigenvalue weighted by Gasteiger charge is -1.78. The number of carbonyl (C=O) groups excluding carboxylic acids is 2. The van der Waals surface area contributed by atoms with Crippen molar-refractivity contribution < 1.29 is 9.59 Å². The van der Waals surface area contributed by atoms with Crippen LogP contribution in [0.5, 0.6) is 0 Å². The Hall–Kier alpha value is -1.32. The first kappa shape index (κ1) is 6.80. The normalized spacial score (nSPS) is 8.40. The first-order valence-corrected chi connectivity index (χ1v) is 3.23. The molecule has 1 aromatic rings. The van der Waals surface area contributed by atoms with Gasteiger partial charge in [-0.05, 0) is 0 Å². The maximum Gasteiger partial charge on any atom is 0.299 e. The Morgan fingerprint density at radius 2 is 2.60 bits per heavy atom. The van der Waals surface area contributed by atoms with Crippen molar-refractivity contribution in [2.75, 3.05) is 0 Å². The van der Waals surface area contributed by atoms with E-state index in [9.17, 15) is 9.59 Å². The quantitative estimate of drug-likeness (QED) is 0.440. The van der Waals surface area contributed by atoms with Crippen LogP contribution in [-0.2, 0) is 4.79 Å². The number of isocyanates is 1. The molecule has 0 saturated heterocycles. The largest absolute Gasteiger partial charge is 0.299 e. The van der Waals surface area contributed by atoms with E-state index in [2.05, 4.69) is 9.98 Å². The lowest BCUT2D eigenvalue weighted by atomic mass is 10.5. The van der Waals surface area contributed by atoms with Crippen LogP contribution in [0.25, 0.3) is 0 Å². The first-order chi connectivity index (χ1) is 4.84. The molecule has 0 aliphatic carbocycles. The molecule has 0 spiro atoms. The van der Waals surface area contributed by atoms with Crippen molar-refractivity contribution in [3.8, 4) is 0 Å². The maximum absolute atomic E-state index is 10.6. The van der Waals surface area contributed by atoms with E-state index in [0.29, 0.717) is 4.88 Å². The number of amides is 1. The summed E-state index contributed by atoms with van der Waals surface area (Å²) >= 11 is 1.14. The van der Waals surface area contributed by atoms with E-state index in [0.717, 1.165) is 17.4 Å². The minimum atomic E-state index is -0.586. The lowest BCUT2D eigenvalue weighted by Crippen LogP contribution is -1.88. The van der Waals surface area contributed by atoms with Crippen molar-refractivity contribution in [3.05, 3.63) is 16.6 Å². The van der Waals surface area contributed by atoms with Gasteiger partial charge in [0, 0.05) is 0 Å². The number of hydrogen-bond acceptors (Lipinski definition) is 4. The molecule has 4 nitrogen and oxygen atoms in total. The number of aliphatic imine (C=N–C) groups is 1. The highest BCUT2D eigenvalue weighted by Gasteiger charge is 2.03. The molecule has 0 fully saturated rings. The molecular weight excluding hydrogens is 152 g/mol. The van der Waals surface area contributed by atoms with Gasteiger partial charge >= 0.3 is 0 Å². The Balaban J connectivity index is 2.87. The molecular formula is C5H2N2O2S. The van der Waals surface area contributed by atoms with Crippen molar-refractivity contribution >= 4 is 23.3 Å². The van der Waals surface area contributed by atoms with Gasteiger partial charge in [0.2, 0.25) is 6.08 Å². The van der Waals surface area contributed by atoms with E-state index in [1.165, 1.54) is 11.7 Å². The summed E-state index contributed by atoms with van der Waals surface area (Å²) in [5, 5.41) is 0. The molecule has 1 heterocycles. The van der Waals surface area contributed by atoms with Gasteiger partial charge < -0.3 is 0 Å². The average molecular weight is 154 g/mol. The molecule has 10 heavy (non-hydrogen) atoms. The number of carbonyl (C=O) groups is 1. The second-order valence-corrected chi connectivity index (χ2v) is 2.26. The topological polar surface area (TPSA) is 59.4 Å². The van der Waals surface area contributed by atoms with Crippen LogP contribution in [0, 0.1) is 0 Å². The lowest BCUT2D eigenvalue weighted by molar-refractivity contribution is 0.101. The van der Waals surface area contributed by atoms with Crippen LogP contribution in [0.15, 0.2) is 16.7 Å². The standard InChI is InChI=1S/C5H2N2O2S/c8-2-7-5(9)4-1-6-3-10-4/h1,3H. The van der Waals surface area contributed by atoms with Crippen LogP contribution in [0.2, 0.25) is 0 Å². The zero-order chi connectivity index (χ0) is 7.40. The Morgan fingerprint density at radius 3 is 3.10 bits per heavy atom. The van der Waals surface area contributed by atoms with E-state index in [4.69, 9.17) is 0 Å². The van der Waals surface area contributed by atoms with Gasteiger partial charge in [0.25, 0.3) is 5.91 Å². The van der Waals surface area contributed by atoms with Gasteiger partial charge in [0.1, 0.15) is 4.88 Å². The molecule has 1 rings (SSSR count). The predicted octanol–water partition coefficient (Wildman–Crippen LogP) is 0.619. The molecule has 0 N–H and O–H groups in total. The van der Waals surface area contributed by atoms with E-state index >= 15 is 0 Å². The molecule has 0 radical (unpaired) electrons. The van der Waals surface area contributed by atoms with Crippen LogP contribution >= 0.6 is 11.3 Å². The van der Waals surface area contributed by atoms with Crippen molar-refractivity contribution in [1.82, 2.24) is 4.98 Å². The Kier molecular flexibility index (Phi) is 2.04. The van der Waals surface area contributed by atoms with E-state index in [1.54, 1.807) is 0 Å². The summed E-state index contributed by atoms with van der Waals surface area (Å²) in [6, 6.07) is 0. The van der Waals surface area contributed by atoms with Crippen LogP contribution in [-0.4, -0.2) is 17.0 Å². The second kappa shape index (κ2) is 3.00. The average Bonchev–Trinajstić information content (AvgIpc) is 2.38. The number of aromatic nitrogens is 1. The minimum Gasteiger partial charge on any atom is -0.265 e. The van der Waals surface area contributed by atoms with Crippen LogP contribution in [0.1, 0.15) is 9.67 Å². The summed E-state index contributed by atoms with van der Waals surface area (Å²) < 4.78 is 0. The van der Waals surface area contributed by atoms with Gasteiger partial charge in [-0.25, -0.2) is 4.79 Å². The minimum absolute atomic E-state index is 0.350. The van der Waals surface area contributed by atoms with Crippen molar-refractivity contribution in [3.63, 3.8) is 0 Å². The van der Waals surface area contributed by atoms with Crippen LogP contribution in [0.4, 0.5) is 0 Å². The first-order valence-electron chi connectivity index (χ1n) is 2.35. The number of rotatable bonds is 1. The van der Waals surface area contributed by atoms with E-state index in [-0.39, 0.29) is 0 Å². The molecule has 0 saturated carbocycles.